The highest BCUT2D eigenvalue weighted by Crippen LogP contribution is 2.61. The molecule has 0 saturated heterocycles. The second-order valence-corrected chi connectivity index (χ2v) is 13.8. The third-order valence-electron chi connectivity index (χ3n) is 2.15. The van der Waals surface area contributed by atoms with Crippen molar-refractivity contribution in [3.8, 4) is 0 Å². The molecule has 0 aromatic carbocycles. The van der Waals surface area contributed by atoms with Crippen LogP contribution >= 0.6 is 40.6 Å². The van der Waals surface area contributed by atoms with E-state index in [1.165, 1.54) is 0 Å². The lowest BCUT2D eigenvalue weighted by molar-refractivity contribution is 0.281. The Labute approximate surface area is 145 Å². The van der Waals surface area contributed by atoms with E-state index in [0.717, 1.165) is 28.0 Å². The van der Waals surface area contributed by atoms with Crippen molar-refractivity contribution in [2.24, 2.45) is 10.1 Å². The van der Waals surface area contributed by atoms with Gasteiger partial charge in [-0.15, -0.1) is 11.8 Å². The SMILES string of the molecule is CCCSP(=S)(OCC)ON=C1SC(C)(C)N=C1SCC. The van der Waals surface area contributed by atoms with E-state index in [1.807, 2.05) is 6.92 Å². The highest BCUT2D eigenvalue weighted by atomic mass is 32.9. The number of aliphatic imine (C=N–C) groups is 1. The van der Waals surface area contributed by atoms with Crippen molar-refractivity contribution >= 4 is 62.5 Å². The highest BCUT2D eigenvalue weighted by molar-refractivity contribution is 8.67. The monoisotopic (exact) mass is 386 g/mol. The third-order valence-corrected chi connectivity index (χ3v) is 9.41. The lowest BCUT2D eigenvalue weighted by atomic mass is 10.4. The Morgan fingerprint density at radius 2 is 2.10 bits per heavy atom. The van der Waals surface area contributed by atoms with Gasteiger partial charge in [0.05, 0.1) is 6.61 Å². The van der Waals surface area contributed by atoms with Gasteiger partial charge in [0.1, 0.15) is 9.91 Å². The number of oxime groups is 1. The van der Waals surface area contributed by atoms with Gasteiger partial charge in [0, 0.05) is 5.75 Å². The van der Waals surface area contributed by atoms with Crippen LogP contribution in [0, 0.1) is 0 Å². The molecule has 0 N–H and O–H groups in total. The molecule has 0 bridgehead atoms. The topological polar surface area (TPSA) is 43.2 Å². The molecule has 21 heavy (non-hydrogen) atoms. The van der Waals surface area contributed by atoms with Crippen molar-refractivity contribution in [3.05, 3.63) is 0 Å². The minimum Gasteiger partial charge on any atom is -0.328 e. The minimum absolute atomic E-state index is 0.190. The van der Waals surface area contributed by atoms with E-state index < -0.39 is 5.69 Å². The van der Waals surface area contributed by atoms with Gasteiger partial charge in [0.25, 0.3) is 0 Å². The summed E-state index contributed by atoms with van der Waals surface area (Å²) in [7, 11) is 0. The molecule has 0 amide bonds. The van der Waals surface area contributed by atoms with E-state index in [2.05, 4.69) is 37.8 Å². The summed E-state index contributed by atoms with van der Waals surface area (Å²) >= 11 is 10.4. The molecule has 4 nitrogen and oxygen atoms in total. The Hall–Kier alpha value is 0.800. The first-order valence-corrected chi connectivity index (χ1v) is 13.0. The maximum absolute atomic E-state index is 5.67. The molecule has 122 valence electrons. The summed E-state index contributed by atoms with van der Waals surface area (Å²) < 4.78 is 11.3. The van der Waals surface area contributed by atoms with E-state index in [9.17, 15) is 0 Å². The molecule has 0 aromatic rings. The zero-order valence-corrected chi connectivity index (χ0v) is 17.3. The summed E-state index contributed by atoms with van der Waals surface area (Å²) in [4.78, 5) is 4.47. The summed E-state index contributed by atoms with van der Waals surface area (Å²) in [5, 5.41) is 6.04. The standard InChI is InChI=1S/C12H23N2O2PS4/c1-6-9-20-17(18,15-7-2)16-14-11-10(19-8-3)13-12(4,5)21-11/h6-9H2,1-5H3. The fourth-order valence-corrected chi connectivity index (χ4v) is 7.54. The van der Waals surface area contributed by atoms with Crippen LogP contribution in [0.2, 0.25) is 0 Å². The molecule has 9 heteroatoms. The molecule has 0 fully saturated rings. The van der Waals surface area contributed by atoms with Gasteiger partial charge in [-0.1, -0.05) is 42.1 Å². The third kappa shape index (κ3) is 6.83. The molecule has 0 radical (unpaired) electrons. The Kier molecular flexibility index (Phi) is 8.68. The van der Waals surface area contributed by atoms with Crippen LogP contribution in [0.3, 0.4) is 0 Å². The lowest BCUT2D eigenvalue weighted by Crippen LogP contribution is -2.06. The van der Waals surface area contributed by atoms with Gasteiger partial charge in [-0.2, -0.15) is 0 Å². The average Bonchev–Trinajstić information content (AvgIpc) is 2.70. The van der Waals surface area contributed by atoms with Crippen LogP contribution in [0.4, 0.5) is 0 Å². The van der Waals surface area contributed by atoms with Crippen molar-refractivity contribution < 1.29 is 9.15 Å². The number of hydrogen-bond acceptors (Lipinski definition) is 8. The van der Waals surface area contributed by atoms with Gasteiger partial charge < -0.3 is 9.15 Å². The van der Waals surface area contributed by atoms with Gasteiger partial charge in [-0.3, -0.25) is 4.99 Å². The predicted octanol–water partition coefficient (Wildman–Crippen LogP) is 5.36. The lowest BCUT2D eigenvalue weighted by Gasteiger charge is -2.17. The van der Waals surface area contributed by atoms with Gasteiger partial charge in [-0.05, 0) is 44.8 Å². The minimum atomic E-state index is -2.39. The van der Waals surface area contributed by atoms with E-state index in [4.69, 9.17) is 21.0 Å². The zero-order valence-electron chi connectivity index (χ0n) is 13.1. The van der Waals surface area contributed by atoms with Crippen molar-refractivity contribution in [1.29, 1.82) is 0 Å². The van der Waals surface area contributed by atoms with E-state index >= 15 is 0 Å². The second-order valence-electron chi connectivity index (χ2n) is 4.58. The molecule has 1 unspecified atom stereocenters. The summed E-state index contributed by atoms with van der Waals surface area (Å²) in [5.41, 5.74) is -2.39. The Bertz CT molecular complexity index is 455. The number of rotatable bonds is 8. The molecule has 0 aliphatic carbocycles. The van der Waals surface area contributed by atoms with E-state index in [1.54, 1.807) is 34.9 Å². The molecule has 0 saturated carbocycles. The molecular weight excluding hydrogens is 363 g/mol. The van der Waals surface area contributed by atoms with Crippen molar-refractivity contribution in [1.82, 2.24) is 0 Å². The number of nitrogens with zero attached hydrogens (tertiary/aromatic N) is 2. The normalized spacial score (nSPS) is 22.1. The Morgan fingerprint density at radius 3 is 2.67 bits per heavy atom. The van der Waals surface area contributed by atoms with Crippen LogP contribution in [0.25, 0.3) is 0 Å². The molecule has 0 spiro atoms. The highest BCUT2D eigenvalue weighted by Gasteiger charge is 2.33. The molecule has 0 aromatic heterocycles. The summed E-state index contributed by atoms with van der Waals surface area (Å²) in [6.45, 7) is 10.8. The van der Waals surface area contributed by atoms with Crippen LogP contribution < -0.4 is 0 Å². The maximum Gasteiger partial charge on any atom is 0.321 e. The van der Waals surface area contributed by atoms with Crippen molar-refractivity contribution in [3.63, 3.8) is 0 Å². The fourth-order valence-electron chi connectivity index (χ4n) is 1.42. The number of thioether (sulfide) groups is 2. The Balaban J connectivity index is 2.81. The van der Waals surface area contributed by atoms with Gasteiger partial charge in [0.2, 0.25) is 0 Å². The molecular formula is C12H23N2O2PS4. The number of hydrogen-bond donors (Lipinski definition) is 0. The van der Waals surface area contributed by atoms with Crippen LogP contribution in [-0.2, 0) is 21.0 Å². The molecule has 1 heterocycles. The van der Waals surface area contributed by atoms with Crippen LogP contribution in [0.15, 0.2) is 10.1 Å². The smallest absolute Gasteiger partial charge is 0.321 e. The van der Waals surface area contributed by atoms with Crippen molar-refractivity contribution in [2.45, 2.75) is 45.9 Å². The van der Waals surface area contributed by atoms with Crippen LogP contribution in [0.5, 0.6) is 0 Å². The fraction of sp³-hybridized carbons (Fsp3) is 0.833. The van der Waals surface area contributed by atoms with Gasteiger partial charge in [0.15, 0.2) is 5.04 Å². The molecule has 1 aliphatic heterocycles. The van der Waals surface area contributed by atoms with Gasteiger partial charge in [-0.25, -0.2) is 0 Å². The molecule has 1 atom stereocenters. The second kappa shape index (κ2) is 9.18. The maximum atomic E-state index is 5.67. The largest absolute Gasteiger partial charge is 0.328 e. The first kappa shape index (κ1) is 19.8. The summed E-state index contributed by atoms with van der Waals surface area (Å²) in [6, 6.07) is 0. The first-order chi connectivity index (χ1) is 9.86. The van der Waals surface area contributed by atoms with Gasteiger partial charge >= 0.3 is 5.69 Å². The van der Waals surface area contributed by atoms with Crippen molar-refractivity contribution in [2.75, 3.05) is 18.1 Å². The first-order valence-electron chi connectivity index (χ1n) is 6.93. The molecule has 1 rings (SSSR count). The van der Waals surface area contributed by atoms with E-state index in [0.29, 0.717) is 6.61 Å². The van der Waals surface area contributed by atoms with Crippen LogP contribution in [-0.4, -0.2) is 33.1 Å². The Morgan fingerprint density at radius 1 is 1.38 bits per heavy atom. The molecule has 1 aliphatic rings. The summed E-state index contributed by atoms with van der Waals surface area (Å²) in [5.74, 6) is 1.88. The van der Waals surface area contributed by atoms with Crippen LogP contribution in [0.1, 0.15) is 41.0 Å². The zero-order chi connectivity index (χ0) is 15.9. The average molecular weight is 387 g/mol. The predicted molar refractivity (Wildman–Crippen MR) is 104 cm³/mol. The quantitative estimate of drug-likeness (QED) is 0.413. The summed E-state index contributed by atoms with van der Waals surface area (Å²) in [6.07, 6.45) is 1.04. The van der Waals surface area contributed by atoms with E-state index in [-0.39, 0.29) is 4.87 Å².